The molecule has 2 fully saturated rings. The van der Waals surface area contributed by atoms with Crippen molar-refractivity contribution in [3.8, 4) is 10.6 Å². The van der Waals surface area contributed by atoms with Gasteiger partial charge in [-0.05, 0) is 56.8 Å². The summed E-state index contributed by atoms with van der Waals surface area (Å²) >= 11 is 1.64. The molecule has 1 amide bonds. The lowest BCUT2D eigenvalue weighted by molar-refractivity contribution is -0.118. The Morgan fingerprint density at radius 1 is 1.38 bits per heavy atom. The van der Waals surface area contributed by atoms with Crippen LogP contribution in [0.25, 0.3) is 10.6 Å². The van der Waals surface area contributed by atoms with Crippen molar-refractivity contribution < 1.29 is 4.79 Å². The number of nitrogens with zero attached hydrogens (tertiary/aromatic N) is 1. The summed E-state index contributed by atoms with van der Waals surface area (Å²) in [7, 11) is 0. The first-order valence-corrected chi connectivity index (χ1v) is 9.08. The van der Waals surface area contributed by atoms with Crippen molar-refractivity contribution in [3.05, 3.63) is 35.3 Å². The molecule has 1 unspecified atom stereocenters. The average molecular weight is 364 g/mol. The van der Waals surface area contributed by atoms with Crippen LogP contribution in [0.3, 0.4) is 0 Å². The fourth-order valence-corrected chi connectivity index (χ4v) is 4.44. The minimum Gasteiger partial charge on any atom is -0.326 e. The van der Waals surface area contributed by atoms with Gasteiger partial charge in [-0.25, -0.2) is 4.98 Å². The van der Waals surface area contributed by atoms with Gasteiger partial charge in [-0.3, -0.25) is 4.79 Å². The van der Waals surface area contributed by atoms with Crippen LogP contribution >= 0.6 is 23.7 Å². The molecule has 2 heterocycles. The third-order valence-electron chi connectivity index (χ3n) is 5.10. The SMILES string of the molecule is Cc1csc(-c2cccc(NC(=O)C3CC34CCNCC4)c2)n1.Cl. The summed E-state index contributed by atoms with van der Waals surface area (Å²) in [5.41, 5.74) is 3.24. The van der Waals surface area contributed by atoms with E-state index in [2.05, 4.69) is 15.6 Å². The van der Waals surface area contributed by atoms with Crippen molar-refractivity contribution in [2.75, 3.05) is 18.4 Å². The van der Waals surface area contributed by atoms with Gasteiger partial charge >= 0.3 is 0 Å². The lowest BCUT2D eigenvalue weighted by Gasteiger charge is -2.23. The highest BCUT2D eigenvalue weighted by atomic mass is 35.5. The van der Waals surface area contributed by atoms with E-state index in [0.717, 1.165) is 54.3 Å². The normalized spacial score (nSPS) is 21.1. The number of carbonyl (C=O) groups excluding carboxylic acids is 1. The monoisotopic (exact) mass is 363 g/mol. The number of anilines is 1. The highest BCUT2D eigenvalue weighted by Gasteiger charge is 2.57. The molecule has 1 saturated carbocycles. The summed E-state index contributed by atoms with van der Waals surface area (Å²) < 4.78 is 0. The van der Waals surface area contributed by atoms with E-state index in [1.165, 1.54) is 0 Å². The third kappa shape index (κ3) is 3.34. The van der Waals surface area contributed by atoms with Gasteiger partial charge in [-0.2, -0.15) is 0 Å². The van der Waals surface area contributed by atoms with Gasteiger partial charge in [0.25, 0.3) is 0 Å². The van der Waals surface area contributed by atoms with Gasteiger partial charge in [-0.1, -0.05) is 12.1 Å². The van der Waals surface area contributed by atoms with Gasteiger partial charge in [0.2, 0.25) is 5.91 Å². The Balaban J connectivity index is 0.00000169. The van der Waals surface area contributed by atoms with Gasteiger partial charge < -0.3 is 10.6 Å². The van der Waals surface area contributed by atoms with Crippen LogP contribution in [0.2, 0.25) is 0 Å². The maximum absolute atomic E-state index is 12.6. The van der Waals surface area contributed by atoms with E-state index in [4.69, 9.17) is 0 Å². The zero-order valence-corrected chi connectivity index (χ0v) is 15.3. The molecule has 24 heavy (non-hydrogen) atoms. The zero-order chi connectivity index (χ0) is 15.9. The topological polar surface area (TPSA) is 54.0 Å². The molecule has 0 radical (unpaired) electrons. The van der Waals surface area contributed by atoms with E-state index in [9.17, 15) is 4.79 Å². The van der Waals surface area contributed by atoms with Crippen LogP contribution in [0.1, 0.15) is 25.0 Å². The number of rotatable bonds is 3. The largest absolute Gasteiger partial charge is 0.326 e. The summed E-state index contributed by atoms with van der Waals surface area (Å²) in [6, 6.07) is 8.00. The van der Waals surface area contributed by atoms with Crippen LogP contribution in [0.15, 0.2) is 29.6 Å². The predicted octanol–water partition coefficient (Wildman–Crippen LogP) is 3.87. The van der Waals surface area contributed by atoms with Crippen molar-refractivity contribution in [1.82, 2.24) is 10.3 Å². The minimum atomic E-state index is 0. The fraction of sp³-hybridized carbons (Fsp3) is 0.444. The van der Waals surface area contributed by atoms with Crippen LogP contribution in [-0.2, 0) is 4.79 Å². The Morgan fingerprint density at radius 2 is 2.17 bits per heavy atom. The molecule has 6 heteroatoms. The van der Waals surface area contributed by atoms with Crippen molar-refractivity contribution in [2.24, 2.45) is 11.3 Å². The molecule has 0 bridgehead atoms. The molecule has 2 aromatic rings. The highest BCUT2D eigenvalue weighted by Crippen LogP contribution is 2.58. The molecule has 128 valence electrons. The Kier molecular flexibility index (Phi) is 4.95. The number of halogens is 1. The van der Waals surface area contributed by atoms with Gasteiger partial charge in [0.1, 0.15) is 5.01 Å². The van der Waals surface area contributed by atoms with Crippen molar-refractivity contribution in [1.29, 1.82) is 0 Å². The average Bonchev–Trinajstić information content (AvgIpc) is 3.06. The number of carbonyl (C=O) groups is 1. The summed E-state index contributed by atoms with van der Waals surface area (Å²) in [5.74, 6) is 0.370. The second-order valence-electron chi connectivity index (χ2n) is 6.73. The smallest absolute Gasteiger partial charge is 0.228 e. The van der Waals surface area contributed by atoms with E-state index in [1.807, 2.05) is 36.6 Å². The third-order valence-corrected chi connectivity index (χ3v) is 6.11. The number of hydrogen-bond donors (Lipinski definition) is 2. The summed E-state index contributed by atoms with van der Waals surface area (Å²) in [5, 5.41) is 9.54. The number of piperidine rings is 1. The Morgan fingerprint density at radius 3 is 2.88 bits per heavy atom. The van der Waals surface area contributed by atoms with Crippen LogP contribution in [0, 0.1) is 18.3 Å². The number of aryl methyl sites for hydroxylation is 1. The maximum Gasteiger partial charge on any atom is 0.228 e. The van der Waals surface area contributed by atoms with E-state index >= 15 is 0 Å². The molecule has 4 nitrogen and oxygen atoms in total. The van der Waals surface area contributed by atoms with E-state index < -0.39 is 0 Å². The van der Waals surface area contributed by atoms with Gasteiger partial charge in [0.05, 0.1) is 0 Å². The first-order chi connectivity index (χ1) is 11.2. The van der Waals surface area contributed by atoms with E-state index in [0.29, 0.717) is 0 Å². The number of amides is 1. The molecule has 1 aromatic heterocycles. The molecule has 4 rings (SSSR count). The first kappa shape index (κ1) is 17.4. The van der Waals surface area contributed by atoms with Crippen LogP contribution in [0.5, 0.6) is 0 Å². The minimum absolute atomic E-state index is 0. The van der Waals surface area contributed by atoms with Crippen LogP contribution < -0.4 is 10.6 Å². The van der Waals surface area contributed by atoms with E-state index in [-0.39, 0.29) is 29.6 Å². The fourth-order valence-electron chi connectivity index (χ4n) is 3.64. The number of hydrogen-bond acceptors (Lipinski definition) is 4. The van der Waals surface area contributed by atoms with Gasteiger partial charge in [-0.15, -0.1) is 23.7 Å². The highest BCUT2D eigenvalue weighted by molar-refractivity contribution is 7.13. The second kappa shape index (κ2) is 6.82. The Labute approximate surface area is 152 Å². The second-order valence-corrected chi connectivity index (χ2v) is 7.59. The Hall–Kier alpha value is -1.43. The zero-order valence-electron chi connectivity index (χ0n) is 13.7. The molecule has 1 aliphatic heterocycles. The number of aromatic nitrogens is 1. The molecular formula is C18H22ClN3OS. The summed E-state index contributed by atoms with van der Waals surface area (Å²) in [6.45, 7) is 4.09. The number of nitrogens with one attached hydrogen (secondary N) is 2. The molecule has 1 spiro atoms. The lowest BCUT2D eigenvalue weighted by atomic mass is 9.92. The first-order valence-electron chi connectivity index (χ1n) is 8.20. The van der Waals surface area contributed by atoms with Crippen LogP contribution in [0.4, 0.5) is 5.69 Å². The number of benzene rings is 1. The van der Waals surface area contributed by atoms with E-state index in [1.54, 1.807) is 11.3 Å². The lowest BCUT2D eigenvalue weighted by Crippen LogP contribution is -2.31. The predicted molar refractivity (Wildman–Crippen MR) is 101 cm³/mol. The maximum atomic E-state index is 12.6. The van der Waals surface area contributed by atoms with Crippen molar-refractivity contribution in [3.63, 3.8) is 0 Å². The van der Waals surface area contributed by atoms with Crippen molar-refractivity contribution >= 4 is 35.3 Å². The Bertz CT molecular complexity index is 739. The molecule has 1 atom stereocenters. The van der Waals surface area contributed by atoms with Crippen LogP contribution in [-0.4, -0.2) is 24.0 Å². The summed E-state index contributed by atoms with van der Waals surface area (Å²) in [4.78, 5) is 17.1. The standard InChI is InChI=1S/C18H21N3OS.ClH/c1-12-11-23-17(20-12)13-3-2-4-14(9-13)21-16(22)15-10-18(15)5-7-19-8-6-18;/h2-4,9,11,15,19H,5-8,10H2,1H3,(H,21,22);1H. The van der Waals surface area contributed by atoms with Gasteiger partial charge in [0, 0.05) is 28.2 Å². The van der Waals surface area contributed by atoms with Crippen molar-refractivity contribution in [2.45, 2.75) is 26.2 Å². The molecule has 2 aliphatic rings. The molecule has 1 aromatic carbocycles. The summed E-state index contributed by atoms with van der Waals surface area (Å²) in [6.07, 6.45) is 3.30. The quantitative estimate of drug-likeness (QED) is 0.870. The molecule has 1 aliphatic carbocycles. The molecule has 1 saturated heterocycles. The molecule has 2 N–H and O–H groups in total. The number of thiazole rings is 1. The van der Waals surface area contributed by atoms with Gasteiger partial charge in [0.15, 0.2) is 0 Å². The molecular weight excluding hydrogens is 342 g/mol.